The summed E-state index contributed by atoms with van der Waals surface area (Å²) in [4.78, 5) is 41.2. The summed E-state index contributed by atoms with van der Waals surface area (Å²) in [6, 6.07) is 7.20. The highest BCUT2D eigenvalue weighted by atomic mass is 16.6. The van der Waals surface area contributed by atoms with Crippen LogP contribution in [0.3, 0.4) is 0 Å². The molecule has 168 valence electrons. The van der Waals surface area contributed by atoms with E-state index >= 15 is 0 Å². The second kappa shape index (κ2) is 11.7. The number of nitrogens with zero attached hydrogens (tertiary/aromatic N) is 2. The van der Waals surface area contributed by atoms with Crippen molar-refractivity contribution < 1.29 is 19.1 Å². The quantitative estimate of drug-likeness (QED) is 0.588. The third-order valence-corrected chi connectivity index (χ3v) is 4.56. The third-order valence-electron chi connectivity index (χ3n) is 4.56. The van der Waals surface area contributed by atoms with Gasteiger partial charge in [0.1, 0.15) is 18.2 Å². The minimum absolute atomic E-state index is 0.143. The Morgan fingerprint density at radius 2 is 1.70 bits per heavy atom. The number of aryl methyl sites for hydroxylation is 1. The molecule has 0 saturated heterocycles. The van der Waals surface area contributed by atoms with E-state index in [9.17, 15) is 14.4 Å². The zero-order valence-electron chi connectivity index (χ0n) is 19.4. The number of carbonyl (C=O) groups excluding carboxylic acids is 3. The van der Waals surface area contributed by atoms with Crippen molar-refractivity contribution in [3.8, 4) is 0 Å². The molecule has 0 fully saturated rings. The normalized spacial score (nSPS) is 12.2. The molecule has 0 aliphatic heterocycles. The average Bonchev–Trinajstić information content (AvgIpc) is 2.65. The van der Waals surface area contributed by atoms with Crippen molar-refractivity contribution in [2.24, 2.45) is 0 Å². The summed E-state index contributed by atoms with van der Waals surface area (Å²) in [5.41, 5.74) is 1.46. The van der Waals surface area contributed by atoms with E-state index in [1.165, 1.54) is 4.90 Å². The van der Waals surface area contributed by atoms with Crippen molar-refractivity contribution in [3.05, 3.63) is 35.4 Å². The third kappa shape index (κ3) is 8.53. The molecule has 0 aromatic heterocycles. The highest BCUT2D eigenvalue weighted by Gasteiger charge is 2.32. The Hall–Kier alpha value is -2.41. The molecule has 1 rings (SSSR count). The molecule has 0 unspecified atom stereocenters. The molecule has 0 bridgehead atoms. The van der Waals surface area contributed by atoms with Gasteiger partial charge in [-0.1, -0.05) is 36.8 Å². The van der Waals surface area contributed by atoms with Crippen LogP contribution in [-0.2, 0) is 25.5 Å². The Balaban J connectivity index is 3.07. The summed E-state index contributed by atoms with van der Waals surface area (Å²) < 4.78 is 5.33. The molecule has 0 heterocycles. The Morgan fingerprint density at radius 3 is 2.20 bits per heavy atom. The van der Waals surface area contributed by atoms with Gasteiger partial charge in [0.2, 0.25) is 11.8 Å². The second-order valence-electron chi connectivity index (χ2n) is 8.45. The Bertz CT molecular complexity index is 710. The van der Waals surface area contributed by atoms with Crippen LogP contribution in [-0.4, -0.2) is 72.5 Å². The number of hydrogen-bond donors (Lipinski definition) is 1. The lowest BCUT2D eigenvalue weighted by molar-refractivity contribution is -0.159. The van der Waals surface area contributed by atoms with Crippen molar-refractivity contribution in [1.29, 1.82) is 0 Å². The van der Waals surface area contributed by atoms with Gasteiger partial charge in [-0.2, -0.15) is 0 Å². The molecule has 0 saturated carbocycles. The topological polar surface area (TPSA) is 79.0 Å². The van der Waals surface area contributed by atoms with Gasteiger partial charge >= 0.3 is 5.97 Å². The summed E-state index contributed by atoms with van der Waals surface area (Å²) in [5, 5.41) is 3.02. The standard InChI is InChI=1S/C23H37N3O4/c1-8-24-15-20(27)26(9-2)19(14-18-12-10-17(3)11-13-18)22(29)25(7)16-21(28)30-23(4,5)6/h10-13,19,24H,8-9,14-16H2,1-7H3/t19-/m0/s1. The van der Waals surface area contributed by atoms with Crippen LogP contribution < -0.4 is 5.32 Å². The fraction of sp³-hybridized carbons (Fsp3) is 0.609. The van der Waals surface area contributed by atoms with Gasteiger partial charge in [-0.05, 0) is 46.7 Å². The minimum Gasteiger partial charge on any atom is -0.459 e. The maximum absolute atomic E-state index is 13.3. The molecule has 0 radical (unpaired) electrons. The highest BCUT2D eigenvalue weighted by Crippen LogP contribution is 2.14. The van der Waals surface area contributed by atoms with Crippen molar-refractivity contribution >= 4 is 17.8 Å². The average molecular weight is 420 g/mol. The van der Waals surface area contributed by atoms with Crippen LogP contribution in [0, 0.1) is 6.92 Å². The van der Waals surface area contributed by atoms with Crippen LogP contribution in [0.5, 0.6) is 0 Å². The first kappa shape index (κ1) is 25.6. The number of amides is 2. The number of hydrogen-bond acceptors (Lipinski definition) is 5. The van der Waals surface area contributed by atoms with Crippen molar-refractivity contribution in [2.45, 2.75) is 59.6 Å². The number of likely N-dealkylation sites (N-methyl/N-ethyl adjacent to an activating group) is 3. The first-order valence-corrected chi connectivity index (χ1v) is 10.5. The number of rotatable bonds is 10. The molecule has 7 nitrogen and oxygen atoms in total. The smallest absolute Gasteiger partial charge is 0.326 e. The van der Waals surface area contributed by atoms with Gasteiger partial charge in [0, 0.05) is 20.0 Å². The summed E-state index contributed by atoms with van der Waals surface area (Å²) in [5.74, 6) is -0.905. The van der Waals surface area contributed by atoms with Crippen LogP contribution >= 0.6 is 0 Å². The Labute approximate surface area is 180 Å². The fourth-order valence-corrected chi connectivity index (χ4v) is 3.08. The monoisotopic (exact) mass is 419 g/mol. The summed E-state index contributed by atoms with van der Waals surface area (Å²) >= 11 is 0. The predicted molar refractivity (Wildman–Crippen MR) is 118 cm³/mol. The molecule has 1 atom stereocenters. The van der Waals surface area contributed by atoms with Crippen LogP contribution in [0.15, 0.2) is 24.3 Å². The number of esters is 1. The lowest BCUT2D eigenvalue weighted by Gasteiger charge is -2.33. The van der Waals surface area contributed by atoms with Gasteiger partial charge < -0.3 is 19.9 Å². The molecule has 1 aromatic carbocycles. The number of benzene rings is 1. The van der Waals surface area contributed by atoms with Gasteiger partial charge in [-0.25, -0.2) is 0 Å². The second-order valence-corrected chi connectivity index (χ2v) is 8.45. The fourth-order valence-electron chi connectivity index (χ4n) is 3.08. The first-order valence-electron chi connectivity index (χ1n) is 10.5. The largest absolute Gasteiger partial charge is 0.459 e. The number of nitrogens with one attached hydrogen (secondary N) is 1. The SMILES string of the molecule is CCNCC(=O)N(CC)[C@@H](Cc1ccc(C)cc1)C(=O)N(C)CC(=O)OC(C)(C)C. The van der Waals surface area contributed by atoms with E-state index in [0.717, 1.165) is 11.1 Å². The first-order chi connectivity index (χ1) is 14.0. The summed E-state index contributed by atoms with van der Waals surface area (Å²) in [6.07, 6.45) is 0.378. The molecule has 30 heavy (non-hydrogen) atoms. The van der Waals surface area contributed by atoms with E-state index in [2.05, 4.69) is 5.32 Å². The molecule has 0 aliphatic rings. The molecular formula is C23H37N3O4. The molecular weight excluding hydrogens is 382 g/mol. The maximum atomic E-state index is 13.3. The summed E-state index contributed by atoms with van der Waals surface area (Å²) in [6.45, 7) is 12.2. The molecule has 1 N–H and O–H groups in total. The number of ether oxygens (including phenoxy) is 1. The van der Waals surface area contributed by atoms with Crippen LogP contribution in [0.1, 0.15) is 45.7 Å². The van der Waals surface area contributed by atoms with Crippen molar-refractivity contribution in [1.82, 2.24) is 15.1 Å². The van der Waals surface area contributed by atoms with Crippen LogP contribution in [0.25, 0.3) is 0 Å². The van der Waals surface area contributed by atoms with Crippen molar-refractivity contribution in [2.75, 3.05) is 33.2 Å². The van der Waals surface area contributed by atoms with E-state index in [-0.39, 0.29) is 24.9 Å². The zero-order chi connectivity index (χ0) is 22.9. The van der Waals surface area contributed by atoms with Gasteiger partial charge in [-0.3, -0.25) is 14.4 Å². The van der Waals surface area contributed by atoms with Gasteiger partial charge in [0.05, 0.1) is 6.54 Å². The van der Waals surface area contributed by atoms with E-state index in [0.29, 0.717) is 19.5 Å². The summed E-state index contributed by atoms with van der Waals surface area (Å²) in [7, 11) is 1.57. The van der Waals surface area contributed by atoms with E-state index in [4.69, 9.17) is 4.74 Å². The lowest BCUT2D eigenvalue weighted by Crippen LogP contribution is -2.53. The van der Waals surface area contributed by atoms with Gasteiger partial charge in [-0.15, -0.1) is 0 Å². The zero-order valence-corrected chi connectivity index (χ0v) is 19.4. The highest BCUT2D eigenvalue weighted by molar-refractivity contribution is 5.90. The van der Waals surface area contributed by atoms with Gasteiger partial charge in [0.25, 0.3) is 0 Å². The Morgan fingerprint density at radius 1 is 1.10 bits per heavy atom. The molecule has 0 spiro atoms. The van der Waals surface area contributed by atoms with E-state index in [1.54, 1.807) is 32.7 Å². The maximum Gasteiger partial charge on any atom is 0.326 e. The van der Waals surface area contributed by atoms with E-state index in [1.807, 2.05) is 45.0 Å². The minimum atomic E-state index is -0.698. The number of carbonyl (C=O) groups is 3. The van der Waals surface area contributed by atoms with Crippen molar-refractivity contribution in [3.63, 3.8) is 0 Å². The van der Waals surface area contributed by atoms with Crippen LogP contribution in [0.4, 0.5) is 0 Å². The van der Waals surface area contributed by atoms with Crippen LogP contribution in [0.2, 0.25) is 0 Å². The molecule has 2 amide bonds. The molecule has 1 aromatic rings. The predicted octanol–water partition coefficient (Wildman–Crippen LogP) is 2.16. The molecule has 0 aliphatic carbocycles. The Kier molecular flexibility index (Phi) is 9.99. The van der Waals surface area contributed by atoms with E-state index < -0.39 is 17.6 Å². The lowest BCUT2D eigenvalue weighted by atomic mass is 10.0. The van der Waals surface area contributed by atoms with Gasteiger partial charge in [0.15, 0.2) is 0 Å². The molecule has 7 heteroatoms.